The van der Waals surface area contributed by atoms with Crippen molar-refractivity contribution in [3.05, 3.63) is 71.9 Å². The lowest BCUT2D eigenvalue weighted by Crippen LogP contribution is -2.46. The molecule has 0 spiro atoms. The molecular weight excluding hydrogens is 384 g/mol. The van der Waals surface area contributed by atoms with Crippen molar-refractivity contribution in [2.45, 2.75) is 13.8 Å². The summed E-state index contributed by atoms with van der Waals surface area (Å²) in [5, 5.41) is 4.46. The SMILES string of the molecule is Cc1ccccc1N1CCN(CC=Cc2cnn(-c3ccncn3)c2C)CC1.Cl. The fourth-order valence-electron chi connectivity index (χ4n) is 3.64. The summed E-state index contributed by atoms with van der Waals surface area (Å²) >= 11 is 0. The number of para-hydroxylation sites is 1. The second-order valence-corrected chi connectivity index (χ2v) is 7.14. The van der Waals surface area contributed by atoms with Gasteiger partial charge in [0, 0.05) is 56.2 Å². The number of piperazine rings is 1. The van der Waals surface area contributed by atoms with Gasteiger partial charge in [-0.05, 0) is 25.5 Å². The fraction of sp³-hybridized carbons (Fsp3) is 0.318. The zero-order chi connectivity index (χ0) is 19.3. The van der Waals surface area contributed by atoms with Crippen LogP contribution in [0, 0.1) is 13.8 Å². The Morgan fingerprint density at radius 1 is 1.03 bits per heavy atom. The molecule has 1 aromatic carbocycles. The van der Waals surface area contributed by atoms with Gasteiger partial charge in [-0.1, -0.05) is 30.4 Å². The molecule has 3 aromatic rings. The van der Waals surface area contributed by atoms with E-state index in [9.17, 15) is 0 Å². The smallest absolute Gasteiger partial charge is 0.156 e. The van der Waals surface area contributed by atoms with Crippen molar-refractivity contribution >= 4 is 24.2 Å². The Morgan fingerprint density at radius 3 is 2.55 bits per heavy atom. The van der Waals surface area contributed by atoms with Crippen LogP contribution in [0.1, 0.15) is 16.8 Å². The molecule has 0 atom stereocenters. The van der Waals surface area contributed by atoms with Crippen molar-refractivity contribution < 1.29 is 0 Å². The molecule has 1 saturated heterocycles. The molecule has 0 amide bonds. The van der Waals surface area contributed by atoms with Crippen LogP contribution in [-0.2, 0) is 0 Å². The first-order chi connectivity index (χ1) is 13.7. The first-order valence-electron chi connectivity index (χ1n) is 9.73. The number of aryl methyl sites for hydroxylation is 1. The average molecular weight is 411 g/mol. The van der Waals surface area contributed by atoms with Crippen LogP contribution in [0.2, 0.25) is 0 Å². The maximum Gasteiger partial charge on any atom is 0.156 e. The molecule has 152 valence electrons. The highest BCUT2D eigenvalue weighted by Gasteiger charge is 2.17. The molecule has 0 bridgehead atoms. The van der Waals surface area contributed by atoms with Gasteiger partial charge in [0.05, 0.1) is 11.9 Å². The van der Waals surface area contributed by atoms with Crippen molar-refractivity contribution in [2.75, 3.05) is 37.6 Å². The van der Waals surface area contributed by atoms with Gasteiger partial charge in [0.25, 0.3) is 0 Å². The summed E-state index contributed by atoms with van der Waals surface area (Å²) in [6, 6.07) is 10.5. The number of hydrogen-bond acceptors (Lipinski definition) is 5. The van der Waals surface area contributed by atoms with Crippen LogP contribution in [0.15, 0.2) is 55.1 Å². The molecule has 0 unspecified atom stereocenters. The zero-order valence-corrected chi connectivity index (χ0v) is 17.7. The summed E-state index contributed by atoms with van der Waals surface area (Å²) in [7, 11) is 0. The quantitative estimate of drug-likeness (QED) is 0.644. The molecule has 0 radical (unpaired) electrons. The van der Waals surface area contributed by atoms with Crippen LogP contribution in [0.5, 0.6) is 0 Å². The lowest BCUT2D eigenvalue weighted by molar-refractivity contribution is 0.284. The number of halogens is 1. The number of aromatic nitrogens is 4. The van der Waals surface area contributed by atoms with Crippen LogP contribution >= 0.6 is 12.4 Å². The number of benzene rings is 1. The highest BCUT2D eigenvalue weighted by atomic mass is 35.5. The average Bonchev–Trinajstić information content (AvgIpc) is 3.10. The lowest BCUT2D eigenvalue weighted by atomic mass is 10.1. The molecular formula is C22H27ClN6. The van der Waals surface area contributed by atoms with E-state index < -0.39 is 0 Å². The molecule has 7 heteroatoms. The number of nitrogens with zero attached hydrogens (tertiary/aromatic N) is 6. The minimum atomic E-state index is 0. The lowest BCUT2D eigenvalue weighted by Gasteiger charge is -2.36. The third kappa shape index (κ3) is 4.83. The zero-order valence-electron chi connectivity index (χ0n) is 16.9. The Balaban J connectivity index is 0.00000240. The van der Waals surface area contributed by atoms with E-state index in [1.54, 1.807) is 12.5 Å². The van der Waals surface area contributed by atoms with Gasteiger partial charge in [-0.15, -0.1) is 12.4 Å². The van der Waals surface area contributed by atoms with Gasteiger partial charge in [-0.2, -0.15) is 5.10 Å². The Hall–Kier alpha value is -2.70. The number of hydrogen-bond donors (Lipinski definition) is 0. The molecule has 1 aliphatic rings. The van der Waals surface area contributed by atoms with E-state index in [2.05, 4.69) is 75.1 Å². The number of rotatable bonds is 5. The second kappa shape index (κ2) is 9.67. The van der Waals surface area contributed by atoms with Gasteiger partial charge in [0.2, 0.25) is 0 Å². The Bertz CT molecular complexity index is 945. The maximum absolute atomic E-state index is 4.46. The third-order valence-electron chi connectivity index (χ3n) is 5.32. The standard InChI is InChI=1S/C22H26N6.ClH/c1-18-6-3-4-8-21(18)27-14-12-26(13-15-27)11-5-7-20-16-25-28(19(20)2)22-9-10-23-17-24-22;/h3-10,16-17H,11-15H2,1-2H3;1H. The Labute approximate surface area is 178 Å². The predicted molar refractivity (Wildman–Crippen MR) is 120 cm³/mol. The van der Waals surface area contributed by atoms with Crippen molar-refractivity contribution in [3.63, 3.8) is 0 Å². The maximum atomic E-state index is 4.46. The first kappa shape index (κ1) is 21.0. The molecule has 1 aliphatic heterocycles. The molecule has 1 fully saturated rings. The van der Waals surface area contributed by atoms with Crippen molar-refractivity contribution in [3.8, 4) is 5.82 Å². The topological polar surface area (TPSA) is 50.1 Å². The number of anilines is 1. The van der Waals surface area contributed by atoms with Crippen LogP contribution in [0.3, 0.4) is 0 Å². The first-order valence-corrected chi connectivity index (χ1v) is 9.73. The minimum absolute atomic E-state index is 0. The Kier molecular flexibility index (Phi) is 7.01. The summed E-state index contributed by atoms with van der Waals surface area (Å²) in [6.45, 7) is 9.52. The van der Waals surface area contributed by atoms with Crippen molar-refractivity contribution in [1.29, 1.82) is 0 Å². The predicted octanol–water partition coefficient (Wildman–Crippen LogP) is 3.54. The van der Waals surface area contributed by atoms with Gasteiger partial charge in [-0.25, -0.2) is 14.6 Å². The van der Waals surface area contributed by atoms with Gasteiger partial charge >= 0.3 is 0 Å². The highest BCUT2D eigenvalue weighted by molar-refractivity contribution is 5.85. The molecule has 0 saturated carbocycles. The van der Waals surface area contributed by atoms with E-state index >= 15 is 0 Å². The van der Waals surface area contributed by atoms with E-state index in [0.717, 1.165) is 49.8 Å². The van der Waals surface area contributed by atoms with E-state index in [4.69, 9.17) is 0 Å². The monoisotopic (exact) mass is 410 g/mol. The van der Waals surface area contributed by atoms with Gasteiger partial charge < -0.3 is 4.90 Å². The molecule has 29 heavy (non-hydrogen) atoms. The molecule has 2 aromatic heterocycles. The Morgan fingerprint density at radius 2 is 1.83 bits per heavy atom. The van der Waals surface area contributed by atoms with Crippen LogP contribution < -0.4 is 4.90 Å². The van der Waals surface area contributed by atoms with Crippen molar-refractivity contribution in [1.82, 2.24) is 24.6 Å². The second-order valence-electron chi connectivity index (χ2n) is 7.14. The van der Waals surface area contributed by atoms with Crippen LogP contribution in [0.25, 0.3) is 11.9 Å². The highest BCUT2D eigenvalue weighted by Crippen LogP contribution is 2.21. The molecule has 3 heterocycles. The van der Waals surface area contributed by atoms with Gasteiger partial charge in [0.15, 0.2) is 5.82 Å². The fourth-order valence-corrected chi connectivity index (χ4v) is 3.64. The largest absolute Gasteiger partial charge is 0.369 e. The van der Waals surface area contributed by atoms with Crippen LogP contribution in [0.4, 0.5) is 5.69 Å². The minimum Gasteiger partial charge on any atom is -0.369 e. The van der Waals surface area contributed by atoms with E-state index in [1.165, 1.54) is 11.3 Å². The summed E-state index contributed by atoms with van der Waals surface area (Å²) < 4.78 is 1.85. The summed E-state index contributed by atoms with van der Waals surface area (Å²) in [5.41, 5.74) is 4.92. The molecule has 0 N–H and O–H groups in total. The normalized spacial score (nSPS) is 14.9. The molecule has 4 rings (SSSR count). The van der Waals surface area contributed by atoms with Crippen LogP contribution in [-0.4, -0.2) is 57.4 Å². The third-order valence-corrected chi connectivity index (χ3v) is 5.32. The van der Waals surface area contributed by atoms with E-state index in [0.29, 0.717) is 0 Å². The van der Waals surface area contributed by atoms with Crippen molar-refractivity contribution in [2.24, 2.45) is 0 Å². The van der Waals surface area contributed by atoms with Gasteiger partial charge in [0.1, 0.15) is 6.33 Å². The van der Waals surface area contributed by atoms with Gasteiger partial charge in [-0.3, -0.25) is 4.90 Å². The summed E-state index contributed by atoms with van der Waals surface area (Å²) in [5.74, 6) is 0.791. The molecule has 6 nitrogen and oxygen atoms in total. The van der Waals surface area contributed by atoms with E-state index in [-0.39, 0.29) is 12.4 Å². The summed E-state index contributed by atoms with van der Waals surface area (Å²) in [4.78, 5) is 13.2. The molecule has 0 aliphatic carbocycles. The summed E-state index contributed by atoms with van der Waals surface area (Å²) in [6.07, 6.45) is 9.56. The van der Waals surface area contributed by atoms with E-state index in [1.807, 2.05) is 16.9 Å².